The molecule has 1 amide bonds. The molecule has 1 aromatic heterocycles. The molecule has 2 N–H and O–H groups in total. The van der Waals surface area contributed by atoms with Gasteiger partial charge in [-0.3, -0.25) is 10.1 Å². The molecule has 0 bridgehead atoms. The lowest BCUT2D eigenvalue weighted by molar-refractivity contribution is -0.114. The van der Waals surface area contributed by atoms with Crippen LogP contribution in [0.15, 0.2) is 54.6 Å². The maximum atomic E-state index is 11.4. The van der Waals surface area contributed by atoms with Crippen LogP contribution in [0.3, 0.4) is 0 Å². The summed E-state index contributed by atoms with van der Waals surface area (Å²) >= 11 is 0. The van der Waals surface area contributed by atoms with Crippen molar-refractivity contribution < 1.29 is 9.53 Å². The fourth-order valence-electron chi connectivity index (χ4n) is 3.40. The van der Waals surface area contributed by atoms with Crippen molar-refractivity contribution in [2.75, 3.05) is 17.7 Å². The molecule has 0 aliphatic carbocycles. The minimum atomic E-state index is -0.196. The van der Waals surface area contributed by atoms with E-state index in [9.17, 15) is 4.79 Å². The average Bonchev–Trinajstić information content (AvgIpc) is 3.09. The molecular weight excluding hydrogens is 342 g/mol. The van der Waals surface area contributed by atoms with E-state index >= 15 is 0 Å². The Morgan fingerprint density at radius 3 is 2.56 bits per heavy atom. The number of hydrogen-bond acceptors (Lipinski definition) is 5. The molecule has 1 aliphatic heterocycles. The van der Waals surface area contributed by atoms with Crippen LogP contribution >= 0.6 is 0 Å². The second-order valence-corrected chi connectivity index (χ2v) is 6.52. The first-order chi connectivity index (χ1) is 13.1. The topological polar surface area (TPSA) is 81.1 Å². The van der Waals surface area contributed by atoms with Crippen LogP contribution in [0.1, 0.15) is 36.6 Å². The van der Waals surface area contributed by atoms with Crippen LogP contribution in [0.5, 0.6) is 5.75 Å². The molecule has 138 valence electrons. The number of rotatable bonds is 4. The fourth-order valence-corrected chi connectivity index (χ4v) is 3.40. The van der Waals surface area contributed by atoms with Crippen molar-refractivity contribution in [3.05, 3.63) is 65.7 Å². The largest absolute Gasteiger partial charge is 0.497 e. The summed E-state index contributed by atoms with van der Waals surface area (Å²) in [6, 6.07) is 18.3. The number of hydrogen-bond donors (Lipinski definition) is 2. The molecule has 2 heterocycles. The maximum Gasteiger partial charge on any atom is 0.250 e. The van der Waals surface area contributed by atoms with Gasteiger partial charge in [-0.1, -0.05) is 42.5 Å². The normalized spacial score (nSPS) is 18.3. The van der Waals surface area contributed by atoms with Crippen molar-refractivity contribution in [1.29, 1.82) is 0 Å². The third-order valence-electron chi connectivity index (χ3n) is 4.68. The molecule has 2 aromatic carbocycles. The first kappa shape index (κ1) is 17.1. The summed E-state index contributed by atoms with van der Waals surface area (Å²) in [7, 11) is 1.65. The van der Waals surface area contributed by atoms with E-state index < -0.39 is 0 Å². The molecule has 27 heavy (non-hydrogen) atoms. The molecule has 0 saturated heterocycles. The minimum absolute atomic E-state index is 0.00706. The predicted octanol–water partition coefficient (Wildman–Crippen LogP) is 3.39. The van der Waals surface area contributed by atoms with E-state index in [0.717, 1.165) is 17.7 Å². The van der Waals surface area contributed by atoms with Gasteiger partial charge < -0.3 is 10.1 Å². The van der Waals surface area contributed by atoms with E-state index in [0.29, 0.717) is 11.9 Å². The van der Waals surface area contributed by atoms with Crippen LogP contribution < -0.4 is 15.4 Å². The number of nitrogens with one attached hydrogen (secondary N) is 2. The van der Waals surface area contributed by atoms with Gasteiger partial charge in [0, 0.05) is 6.92 Å². The van der Waals surface area contributed by atoms with E-state index in [1.54, 1.807) is 7.11 Å². The van der Waals surface area contributed by atoms with Crippen LogP contribution in [-0.4, -0.2) is 27.8 Å². The van der Waals surface area contributed by atoms with Gasteiger partial charge in [0.25, 0.3) is 5.95 Å². The summed E-state index contributed by atoms with van der Waals surface area (Å²) in [5, 5.41) is 10.6. The average molecular weight is 363 g/mol. The Labute approximate surface area is 157 Å². The first-order valence-electron chi connectivity index (χ1n) is 8.83. The molecule has 3 aromatic rings. The zero-order chi connectivity index (χ0) is 18.8. The third kappa shape index (κ3) is 3.48. The van der Waals surface area contributed by atoms with Crippen molar-refractivity contribution in [2.24, 2.45) is 0 Å². The minimum Gasteiger partial charge on any atom is -0.497 e. The highest BCUT2D eigenvalue weighted by Gasteiger charge is 2.31. The van der Waals surface area contributed by atoms with E-state index in [2.05, 4.69) is 32.8 Å². The summed E-state index contributed by atoms with van der Waals surface area (Å²) in [6.07, 6.45) is 0.812. The van der Waals surface area contributed by atoms with Gasteiger partial charge in [0.1, 0.15) is 5.75 Å². The van der Waals surface area contributed by atoms with E-state index in [-0.39, 0.29) is 18.0 Å². The number of anilines is 2. The lowest BCUT2D eigenvalue weighted by Gasteiger charge is -2.31. The number of carbonyl (C=O) groups excluding carboxylic acids is 1. The van der Waals surface area contributed by atoms with Gasteiger partial charge >= 0.3 is 0 Å². The van der Waals surface area contributed by atoms with Gasteiger partial charge in [-0.25, -0.2) is 4.68 Å². The van der Waals surface area contributed by atoms with Crippen LogP contribution in [0.2, 0.25) is 0 Å². The Kier molecular flexibility index (Phi) is 4.50. The summed E-state index contributed by atoms with van der Waals surface area (Å²) < 4.78 is 7.11. The molecule has 0 fully saturated rings. The number of fused-ring (bicyclic) bond motifs is 1. The Morgan fingerprint density at radius 1 is 1.15 bits per heavy atom. The summed E-state index contributed by atoms with van der Waals surface area (Å²) in [5.41, 5.74) is 2.30. The summed E-state index contributed by atoms with van der Waals surface area (Å²) in [5.74, 6) is 1.56. The number of benzene rings is 2. The summed E-state index contributed by atoms with van der Waals surface area (Å²) in [6.45, 7) is 1.45. The Bertz CT molecular complexity index is 937. The quantitative estimate of drug-likeness (QED) is 0.743. The summed E-state index contributed by atoms with van der Waals surface area (Å²) in [4.78, 5) is 15.9. The predicted molar refractivity (Wildman–Crippen MR) is 103 cm³/mol. The molecule has 1 aliphatic rings. The Morgan fingerprint density at radius 2 is 1.89 bits per heavy atom. The number of aromatic nitrogens is 3. The first-order valence-corrected chi connectivity index (χ1v) is 8.83. The SMILES string of the molecule is COc1ccc([C@H]2C[C@@H](c3ccccc3)Nc3nc(NC(C)=O)nn32)cc1. The number of amides is 1. The second-order valence-electron chi connectivity index (χ2n) is 6.52. The second kappa shape index (κ2) is 7.11. The highest BCUT2D eigenvalue weighted by atomic mass is 16.5. The van der Waals surface area contributed by atoms with Crippen LogP contribution in [-0.2, 0) is 4.79 Å². The molecule has 4 rings (SSSR count). The van der Waals surface area contributed by atoms with E-state index in [4.69, 9.17) is 4.74 Å². The molecule has 7 nitrogen and oxygen atoms in total. The molecular formula is C20H21N5O2. The van der Waals surface area contributed by atoms with Gasteiger partial charge in [0.2, 0.25) is 11.9 Å². The fraction of sp³-hybridized carbons (Fsp3) is 0.250. The molecule has 2 atom stereocenters. The van der Waals surface area contributed by atoms with Gasteiger partial charge in [-0.05, 0) is 29.7 Å². The number of nitrogens with zero attached hydrogens (tertiary/aromatic N) is 3. The highest BCUT2D eigenvalue weighted by Crippen LogP contribution is 2.38. The lowest BCUT2D eigenvalue weighted by Crippen LogP contribution is -2.28. The van der Waals surface area contributed by atoms with Crippen molar-refractivity contribution in [3.63, 3.8) is 0 Å². The molecule has 0 unspecified atom stereocenters. The maximum absolute atomic E-state index is 11.4. The van der Waals surface area contributed by atoms with E-state index in [1.165, 1.54) is 12.5 Å². The number of methoxy groups -OCH3 is 1. The van der Waals surface area contributed by atoms with Crippen molar-refractivity contribution in [3.8, 4) is 5.75 Å². The zero-order valence-corrected chi connectivity index (χ0v) is 15.2. The van der Waals surface area contributed by atoms with Crippen molar-refractivity contribution in [2.45, 2.75) is 25.4 Å². The lowest BCUT2D eigenvalue weighted by atomic mass is 9.93. The van der Waals surface area contributed by atoms with Gasteiger partial charge in [0.15, 0.2) is 0 Å². The number of carbonyl (C=O) groups is 1. The Balaban J connectivity index is 1.73. The zero-order valence-electron chi connectivity index (χ0n) is 15.2. The van der Waals surface area contributed by atoms with Crippen molar-refractivity contribution >= 4 is 17.8 Å². The Hall–Kier alpha value is -3.35. The van der Waals surface area contributed by atoms with Crippen molar-refractivity contribution in [1.82, 2.24) is 14.8 Å². The molecule has 0 radical (unpaired) electrons. The van der Waals surface area contributed by atoms with E-state index in [1.807, 2.05) is 47.1 Å². The van der Waals surface area contributed by atoms with Crippen LogP contribution in [0.4, 0.5) is 11.9 Å². The monoisotopic (exact) mass is 363 g/mol. The number of ether oxygens (including phenoxy) is 1. The molecule has 7 heteroatoms. The van der Waals surface area contributed by atoms with Gasteiger partial charge in [0.05, 0.1) is 19.2 Å². The smallest absolute Gasteiger partial charge is 0.250 e. The van der Waals surface area contributed by atoms with Crippen LogP contribution in [0, 0.1) is 0 Å². The standard InChI is InChI=1S/C20H21N5O2/c1-13(26)21-19-23-20-22-17(14-6-4-3-5-7-14)12-18(25(20)24-19)15-8-10-16(27-2)11-9-15/h3-11,17-18H,12H2,1-2H3,(H2,21,22,23,24,26)/t17-,18+/m0/s1. The molecule has 0 spiro atoms. The third-order valence-corrected chi connectivity index (χ3v) is 4.68. The highest BCUT2D eigenvalue weighted by molar-refractivity contribution is 5.86. The van der Waals surface area contributed by atoms with Gasteiger partial charge in [-0.15, -0.1) is 5.10 Å². The molecule has 0 saturated carbocycles. The van der Waals surface area contributed by atoms with Gasteiger partial charge in [-0.2, -0.15) is 4.98 Å². The van der Waals surface area contributed by atoms with Crippen LogP contribution in [0.25, 0.3) is 0 Å².